The minimum atomic E-state index is -0.0650. The molecule has 3 rings (SSSR count). The van der Waals surface area contributed by atoms with Crippen molar-refractivity contribution in [3.63, 3.8) is 0 Å². The van der Waals surface area contributed by atoms with Gasteiger partial charge in [0.05, 0.1) is 15.4 Å². The van der Waals surface area contributed by atoms with Gasteiger partial charge in [-0.15, -0.1) is 0 Å². The Morgan fingerprint density at radius 2 is 1.96 bits per heavy atom. The van der Waals surface area contributed by atoms with Crippen molar-refractivity contribution in [1.82, 2.24) is 9.55 Å². The van der Waals surface area contributed by atoms with Crippen LogP contribution in [0.3, 0.4) is 0 Å². The quantitative estimate of drug-likeness (QED) is 0.638. The van der Waals surface area contributed by atoms with E-state index in [1.807, 2.05) is 25.1 Å². The number of ether oxygens (including phenoxy) is 1. The molecule has 0 saturated carbocycles. The lowest BCUT2D eigenvalue weighted by atomic mass is 10.1. The topological polar surface area (TPSA) is 70.1 Å². The lowest BCUT2D eigenvalue weighted by Crippen LogP contribution is -2.29. The summed E-state index contributed by atoms with van der Waals surface area (Å²) in [5.74, 6) is 1.22. The molecule has 2 aromatic heterocycles. The Hall–Kier alpha value is -1.92. The minimum absolute atomic E-state index is 0.0215. The average Bonchev–Trinajstić information content (AvgIpc) is 2.57. The number of aromatic nitrogens is 2. The molecule has 0 aliphatic heterocycles. The van der Waals surface area contributed by atoms with Gasteiger partial charge in [-0.25, -0.2) is 0 Å². The molecule has 0 aliphatic rings. The molecule has 5 nitrogen and oxygen atoms in total. The van der Waals surface area contributed by atoms with Crippen molar-refractivity contribution in [3.8, 4) is 5.75 Å². The predicted octanol–water partition coefficient (Wildman–Crippen LogP) is 3.91. The molecule has 6 heteroatoms. The number of hydrogen-bond acceptors (Lipinski definition) is 4. The van der Waals surface area contributed by atoms with Crippen LogP contribution in [0.15, 0.2) is 33.7 Å². The van der Waals surface area contributed by atoms with E-state index in [2.05, 4.69) is 34.8 Å². The number of fused-ring (bicyclic) bond motifs is 3. The highest BCUT2D eigenvalue weighted by atomic mass is 79.9. The molecule has 0 aliphatic carbocycles. The fraction of sp³-hybridized carbons (Fsp3) is 0.400. The zero-order valence-corrected chi connectivity index (χ0v) is 17.1. The van der Waals surface area contributed by atoms with Crippen LogP contribution in [0.1, 0.15) is 26.0 Å². The van der Waals surface area contributed by atoms with Gasteiger partial charge < -0.3 is 15.0 Å². The summed E-state index contributed by atoms with van der Waals surface area (Å²) in [4.78, 5) is 17.0. The van der Waals surface area contributed by atoms with Gasteiger partial charge in [-0.1, -0.05) is 13.8 Å². The first kappa shape index (κ1) is 18.9. The highest BCUT2D eigenvalue weighted by molar-refractivity contribution is 9.10. The molecular formula is C20H24BrN3O2. The summed E-state index contributed by atoms with van der Waals surface area (Å²) in [5, 5.41) is 2.50. The Morgan fingerprint density at radius 1 is 1.23 bits per heavy atom. The number of nitrogens with zero attached hydrogens (tertiary/aromatic N) is 2. The molecule has 0 bridgehead atoms. The Balaban J connectivity index is 2.09. The number of nitrogens with two attached hydrogens (primary N) is 1. The molecular weight excluding hydrogens is 394 g/mol. The van der Waals surface area contributed by atoms with Crippen molar-refractivity contribution in [2.24, 2.45) is 18.7 Å². The van der Waals surface area contributed by atoms with E-state index in [1.54, 1.807) is 17.8 Å². The fourth-order valence-electron chi connectivity index (χ4n) is 3.26. The molecule has 1 aromatic carbocycles. The van der Waals surface area contributed by atoms with Gasteiger partial charge in [0.1, 0.15) is 12.4 Å². The highest BCUT2D eigenvalue weighted by Crippen LogP contribution is 2.33. The number of benzene rings is 1. The maximum atomic E-state index is 12.7. The van der Waals surface area contributed by atoms with Gasteiger partial charge in [-0.05, 0) is 52.7 Å². The SMILES string of the molecule is Cc1cc2c(cn1)c(=O)n(C)c1cc(OC[C@@H](N)CC(C)C)c(Br)cc21. The van der Waals surface area contributed by atoms with Gasteiger partial charge in [-0.2, -0.15) is 0 Å². The van der Waals surface area contributed by atoms with E-state index in [-0.39, 0.29) is 11.6 Å². The van der Waals surface area contributed by atoms with Crippen LogP contribution in [0.5, 0.6) is 5.75 Å². The van der Waals surface area contributed by atoms with Gasteiger partial charge in [0.25, 0.3) is 5.56 Å². The Bertz CT molecular complexity index is 1030. The van der Waals surface area contributed by atoms with Crippen molar-refractivity contribution in [3.05, 3.63) is 44.9 Å². The minimum Gasteiger partial charge on any atom is -0.491 e. The van der Waals surface area contributed by atoms with E-state index in [0.717, 1.165) is 32.9 Å². The smallest absolute Gasteiger partial charge is 0.260 e. The largest absolute Gasteiger partial charge is 0.491 e. The second-order valence-corrected chi connectivity index (χ2v) is 8.09. The van der Waals surface area contributed by atoms with Crippen LogP contribution >= 0.6 is 15.9 Å². The van der Waals surface area contributed by atoms with E-state index < -0.39 is 0 Å². The summed E-state index contributed by atoms with van der Waals surface area (Å²) in [6.45, 7) is 6.64. The summed E-state index contributed by atoms with van der Waals surface area (Å²) in [5.41, 5.74) is 7.76. The summed E-state index contributed by atoms with van der Waals surface area (Å²) < 4.78 is 8.42. The molecule has 0 fully saturated rings. The number of halogens is 1. The van der Waals surface area contributed by atoms with Gasteiger partial charge in [0.15, 0.2) is 0 Å². The third kappa shape index (κ3) is 3.62. The highest BCUT2D eigenvalue weighted by Gasteiger charge is 2.14. The first-order valence-corrected chi connectivity index (χ1v) is 9.54. The lowest BCUT2D eigenvalue weighted by Gasteiger charge is -2.17. The van der Waals surface area contributed by atoms with Crippen LogP contribution < -0.4 is 16.0 Å². The molecule has 1 atom stereocenters. The fourth-order valence-corrected chi connectivity index (χ4v) is 3.72. The van der Waals surface area contributed by atoms with E-state index in [1.165, 1.54) is 0 Å². The van der Waals surface area contributed by atoms with Crippen molar-refractivity contribution >= 4 is 37.6 Å². The Kier molecular flexibility index (Phi) is 5.34. The van der Waals surface area contributed by atoms with Gasteiger partial charge in [-0.3, -0.25) is 9.78 Å². The predicted molar refractivity (Wildman–Crippen MR) is 110 cm³/mol. The first-order chi connectivity index (χ1) is 12.3. The maximum absolute atomic E-state index is 12.7. The van der Waals surface area contributed by atoms with Crippen LogP contribution in [0, 0.1) is 12.8 Å². The van der Waals surface area contributed by atoms with Crippen LogP contribution in [-0.4, -0.2) is 22.2 Å². The molecule has 138 valence electrons. The van der Waals surface area contributed by atoms with Crippen LogP contribution in [0.2, 0.25) is 0 Å². The van der Waals surface area contributed by atoms with Crippen LogP contribution in [-0.2, 0) is 7.05 Å². The van der Waals surface area contributed by atoms with E-state index >= 15 is 0 Å². The Morgan fingerprint density at radius 3 is 2.65 bits per heavy atom. The molecule has 0 spiro atoms. The lowest BCUT2D eigenvalue weighted by molar-refractivity contribution is 0.270. The van der Waals surface area contributed by atoms with Crippen LogP contribution in [0.25, 0.3) is 21.7 Å². The number of hydrogen-bond donors (Lipinski definition) is 1. The zero-order valence-electron chi connectivity index (χ0n) is 15.5. The summed E-state index contributed by atoms with van der Waals surface area (Å²) in [6, 6.07) is 5.83. The zero-order chi connectivity index (χ0) is 19.0. The van der Waals surface area contributed by atoms with Crippen molar-refractivity contribution in [1.29, 1.82) is 0 Å². The molecule has 0 saturated heterocycles. The van der Waals surface area contributed by atoms with Crippen molar-refractivity contribution in [2.45, 2.75) is 33.2 Å². The van der Waals surface area contributed by atoms with Gasteiger partial charge >= 0.3 is 0 Å². The second kappa shape index (κ2) is 7.37. The molecule has 2 N–H and O–H groups in total. The van der Waals surface area contributed by atoms with E-state index in [9.17, 15) is 4.79 Å². The molecule has 26 heavy (non-hydrogen) atoms. The van der Waals surface area contributed by atoms with Crippen molar-refractivity contribution in [2.75, 3.05) is 6.61 Å². The summed E-state index contributed by atoms with van der Waals surface area (Å²) in [6.07, 6.45) is 2.55. The molecule has 3 aromatic rings. The average molecular weight is 418 g/mol. The van der Waals surface area contributed by atoms with E-state index in [4.69, 9.17) is 10.5 Å². The summed E-state index contributed by atoms with van der Waals surface area (Å²) in [7, 11) is 1.77. The monoisotopic (exact) mass is 417 g/mol. The third-order valence-corrected chi connectivity index (χ3v) is 5.12. The second-order valence-electron chi connectivity index (χ2n) is 7.24. The van der Waals surface area contributed by atoms with Gasteiger partial charge in [0.2, 0.25) is 0 Å². The maximum Gasteiger partial charge on any atom is 0.260 e. The number of rotatable bonds is 5. The van der Waals surface area contributed by atoms with Crippen molar-refractivity contribution < 1.29 is 4.74 Å². The first-order valence-electron chi connectivity index (χ1n) is 8.75. The Labute approximate surface area is 161 Å². The molecule has 2 heterocycles. The normalized spacial score (nSPS) is 12.9. The van der Waals surface area contributed by atoms with Crippen LogP contribution in [0.4, 0.5) is 0 Å². The molecule has 0 amide bonds. The molecule has 0 unspecified atom stereocenters. The standard InChI is InChI=1S/C20H24BrN3O2/c1-11(2)5-13(22)10-26-19-8-18-15(7-17(19)21)14-6-12(3)23-9-16(14)20(25)24(18)4/h6-9,11,13H,5,10,22H2,1-4H3/t13-/m0/s1. The molecule has 0 radical (unpaired) electrons. The number of pyridine rings is 2. The third-order valence-electron chi connectivity index (χ3n) is 4.50. The van der Waals surface area contributed by atoms with E-state index in [0.29, 0.717) is 23.7 Å². The van der Waals surface area contributed by atoms with Gasteiger partial charge in [0, 0.05) is 36.4 Å². The number of aryl methyl sites for hydroxylation is 2. The summed E-state index contributed by atoms with van der Waals surface area (Å²) >= 11 is 3.60.